The van der Waals surface area contributed by atoms with Crippen molar-refractivity contribution in [3.05, 3.63) is 65.5 Å². The van der Waals surface area contributed by atoms with E-state index in [0.717, 1.165) is 11.3 Å². The molecule has 0 bridgehead atoms. The molecule has 0 saturated carbocycles. The summed E-state index contributed by atoms with van der Waals surface area (Å²) in [5, 5.41) is 13.3. The number of methoxy groups -OCH3 is 1. The van der Waals surface area contributed by atoms with E-state index in [4.69, 9.17) is 4.74 Å². The third-order valence-corrected chi connectivity index (χ3v) is 3.49. The van der Waals surface area contributed by atoms with Crippen molar-refractivity contribution in [3.63, 3.8) is 0 Å². The number of halogens is 1. The molecule has 0 fully saturated rings. The molecule has 0 heterocycles. The third-order valence-electron chi connectivity index (χ3n) is 3.49. The van der Waals surface area contributed by atoms with Crippen molar-refractivity contribution in [2.24, 2.45) is 0 Å². The summed E-state index contributed by atoms with van der Waals surface area (Å²) in [6.45, 7) is 2.43. The van der Waals surface area contributed by atoms with E-state index in [-0.39, 0.29) is 11.9 Å². The molecule has 2 rings (SSSR count). The van der Waals surface area contributed by atoms with E-state index in [0.29, 0.717) is 12.1 Å². The Morgan fingerprint density at radius 1 is 1.05 bits per heavy atom. The number of hydrogen-bond acceptors (Lipinski definition) is 3. The number of ether oxygens (including phenoxy) is 1. The van der Waals surface area contributed by atoms with Crippen LogP contribution in [0.5, 0.6) is 5.75 Å². The van der Waals surface area contributed by atoms with Gasteiger partial charge >= 0.3 is 0 Å². The molecule has 0 aromatic heterocycles. The summed E-state index contributed by atoms with van der Waals surface area (Å²) in [6, 6.07) is 13.8. The second-order valence-corrected chi connectivity index (χ2v) is 4.97. The van der Waals surface area contributed by atoms with Crippen LogP contribution in [0.25, 0.3) is 0 Å². The predicted octanol–water partition coefficient (Wildman–Crippen LogP) is 3.22. The van der Waals surface area contributed by atoms with Crippen molar-refractivity contribution in [2.45, 2.75) is 19.1 Å². The van der Waals surface area contributed by atoms with Crippen LogP contribution in [-0.2, 0) is 0 Å². The first kappa shape index (κ1) is 15.5. The van der Waals surface area contributed by atoms with E-state index in [9.17, 15) is 9.50 Å². The minimum absolute atomic E-state index is 0.103. The maximum atomic E-state index is 12.8. The Balaban J connectivity index is 1.90. The molecule has 0 amide bonds. The molecule has 0 saturated heterocycles. The van der Waals surface area contributed by atoms with Gasteiger partial charge in [-0.05, 0) is 42.3 Å². The van der Waals surface area contributed by atoms with Crippen LogP contribution in [0.4, 0.5) is 4.39 Å². The van der Waals surface area contributed by atoms with Gasteiger partial charge in [0.15, 0.2) is 0 Å². The summed E-state index contributed by atoms with van der Waals surface area (Å²) < 4.78 is 18.0. The van der Waals surface area contributed by atoms with Crippen LogP contribution in [-0.4, -0.2) is 18.8 Å². The normalized spacial score (nSPS) is 13.7. The maximum absolute atomic E-state index is 12.8. The molecule has 4 heteroatoms. The molecule has 2 aromatic rings. The van der Waals surface area contributed by atoms with Gasteiger partial charge in [0, 0.05) is 12.6 Å². The fourth-order valence-electron chi connectivity index (χ4n) is 2.10. The van der Waals surface area contributed by atoms with Crippen molar-refractivity contribution in [2.75, 3.05) is 13.7 Å². The number of hydrogen-bond donors (Lipinski definition) is 2. The summed E-state index contributed by atoms with van der Waals surface area (Å²) in [5.41, 5.74) is 1.81. The van der Waals surface area contributed by atoms with Gasteiger partial charge in [-0.1, -0.05) is 24.3 Å². The minimum Gasteiger partial charge on any atom is -0.497 e. The minimum atomic E-state index is -0.661. The van der Waals surface area contributed by atoms with Crippen molar-refractivity contribution in [1.29, 1.82) is 0 Å². The topological polar surface area (TPSA) is 41.5 Å². The van der Waals surface area contributed by atoms with E-state index in [1.165, 1.54) is 12.1 Å². The average Bonchev–Trinajstić information content (AvgIpc) is 2.53. The van der Waals surface area contributed by atoms with Crippen LogP contribution in [0.2, 0.25) is 0 Å². The molecular weight excluding hydrogens is 269 g/mol. The average molecular weight is 289 g/mol. The van der Waals surface area contributed by atoms with Crippen LogP contribution in [0.1, 0.15) is 30.2 Å². The number of aliphatic hydroxyl groups excluding tert-OH is 1. The first-order valence-corrected chi connectivity index (χ1v) is 6.91. The Labute approximate surface area is 124 Å². The van der Waals surface area contributed by atoms with E-state index >= 15 is 0 Å². The zero-order valence-electron chi connectivity index (χ0n) is 12.2. The maximum Gasteiger partial charge on any atom is 0.123 e. The van der Waals surface area contributed by atoms with Gasteiger partial charge in [0.25, 0.3) is 0 Å². The monoisotopic (exact) mass is 289 g/mol. The Bertz CT molecular complexity index is 554. The molecule has 21 heavy (non-hydrogen) atoms. The number of aliphatic hydroxyl groups is 1. The summed E-state index contributed by atoms with van der Waals surface area (Å²) in [7, 11) is 1.63. The zero-order chi connectivity index (χ0) is 15.2. The van der Waals surface area contributed by atoms with Crippen molar-refractivity contribution in [3.8, 4) is 5.75 Å². The molecule has 2 N–H and O–H groups in total. The van der Waals surface area contributed by atoms with E-state index < -0.39 is 6.10 Å². The van der Waals surface area contributed by atoms with Crippen LogP contribution < -0.4 is 10.1 Å². The van der Waals surface area contributed by atoms with Crippen molar-refractivity contribution < 1.29 is 14.2 Å². The van der Waals surface area contributed by atoms with Crippen LogP contribution in [0.15, 0.2) is 48.5 Å². The molecule has 0 aliphatic carbocycles. The van der Waals surface area contributed by atoms with Gasteiger partial charge in [-0.25, -0.2) is 4.39 Å². The summed E-state index contributed by atoms with van der Waals surface area (Å²) >= 11 is 0. The zero-order valence-corrected chi connectivity index (χ0v) is 12.2. The fraction of sp³-hybridized carbons (Fsp3) is 0.294. The lowest BCUT2D eigenvalue weighted by Gasteiger charge is -2.18. The van der Waals surface area contributed by atoms with Gasteiger partial charge in [-0.3, -0.25) is 0 Å². The van der Waals surface area contributed by atoms with E-state index in [1.807, 2.05) is 31.2 Å². The fourth-order valence-corrected chi connectivity index (χ4v) is 2.10. The second kappa shape index (κ2) is 7.20. The molecule has 2 unspecified atom stereocenters. The molecule has 0 aliphatic rings. The highest BCUT2D eigenvalue weighted by atomic mass is 19.1. The highest BCUT2D eigenvalue weighted by molar-refractivity contribution is 5.29. The van der Waals surface area contributed by atoms with Gasteiger partial charge < -0.3 is 15.2 Å². The lowest BCUT2D eigenvalue weighted by atomic mass is 10.1. The summed E-state index contributed by atoms with van der Waals surface area (Å²) in [6.07, 6.45) is -0.661. The van der Waals surface area contributed by atoms with E-state index in [2.05, 4.69) is 5.32 Å². The number of benzene rings is 2. The largest absolute Gasteiger partial charge is 0.497 e. The molecule has 0 spiro atoms. The molecular formula is C17H20FNO2. The van der Waals surface area contributed by atoms with Crippen LogP contribution in [0.3, 0.4) is 0 Å². The lowest BCUT2D eigenvalue weighted by Crippen LogP contribution is -2.24. The Hall–Kier alpha value is -1.91. The standard InChI is InChI=1S/C17H20FNO2/c1-12(13-5-9-16(21-2)10-6-13)19-11-17(20)14-3-7-15(18)8-4-14/h3-10,12,17,19-20H,11H2,1-2H3. The lowest BCUT2D eigenvalue weighted by molar-refractivity contribution is 0.170. The molecule has 112 valence electrons. The summed E-state index contributed by atoms with van der Waals surface area (Å²) in [4.78, 5) is 0. The highest BCUT2D eigenvalue weighted by Gasteiger charge is 2.10. The van der Waals surface area contributed by atoms with Crippen molar-refractivity contribution >= 4 is 0 Å². The number of nitrogens with one attached hydrogen (secondary N) is 1. The quantitative estimate of drug-likeness (QED) is 0.858. The first-order chi connectivity index (χ1) is 10.1. The Morgan fingerprint density at radius 2 is 1.62 bits per heavy atom. The van der Waals surface area contributed by atoms with Crippen molar-refractivity contribution in [1.82, 2.24) is 5.32 Å². The van der Waals surface area contributed by atoms with Crippen LogP contribution >= 0.6 is 0 Å². The molecule has 3 nitrogen and oxygen atoms in total. The first-order valence-electron chi connectivity index (χ1n) is 6.91. The predicted molar refractivity (Wildman–Crippen MR) is 80.8 cm³/mol. The van der Waals surface area contributed by atoms with Gasteiger partial charge in [-0.2, -0.15) is 0 Å². The molecule has 0 radical (unpaired) electrons. The Morgan fingerprint density at radius 3 is 2.19 bits per heavy atom. The van der Waals surface area contributed by atoms with Crippen LogP contribution in [0, 0.1) is 5.82 Å². The van der Waals surface area contributed by atoms with Gasteiger partial charge in [0.05, 0.1) is 13.2 Å². The smallest absolute Gasteiger partial charge is 0.123 e. The molecule has 2 atom stereocenters. The van der Waals surface area contributed by atoms with E-state index in [1.54, 1.807) is 19.2 Å². The van der Waals surface area contributed by atoms with Gasteiger partial charge in [0.1, 0.15) is 11.6 Å². The van der Waals surface area contributed by atoms with Gasteiger partial charge in [-0.15, -0.1) is 0 Å². The third kappa shape index (κ3) is 4.28. The number of rotatable bonds is 6. The highest BCUT2D eigenvalue weighted by Crippen LogP contribution is 2.18. The SMILES string of the molecule is COc1ccc(C(C)NCC(O)c2ccc(F)cc2)cc1. The second-order valence-electron chi connectivity index (χ2n) is 4.97. The molecule has 0 aliphatic heterocycles. The van der Waals surface area contributed by atoms with Gasteiger partial charge in [0.2, 0.25) is 0 Å². The summed E-state index contributed by atoms with van der Waals surface area (Å²) in [5.74, 6) is 0.516. The Kier molecular flexibility index (Phi) is 5.31. The molecule has 2 aromatic carbocycles.